The summed E-state index contributed by atoms with van der Waals surface area (Å²) in [6.45, 7) is -0.0953. The van der Waals surface area contributed by atoms with E-state index in [1.54, 1.807) is 35.9 Å². The summed E-state index contributed by atoms with van der Waals surface area (Å²) in [7, 11) is -1.95. The first-order valence-corrected chi connectivity index (χ1v) is 7.79. The zero-order chi connectivity index (χ0) is 14.8. The van der Waals surface area contributed by atoms with Crippen LogP contribution in [0.15, 0.2) is 41.4 Å². The average Bonchev–Trinajstić information content (AvgIpc) is 2.80. The molecule has 1 aromatic heterocycles. The molecule has 0 spiro atoms. The maximum atomic E-state index is 12.1. The highest BCUT2D eigenvalue weighted by Gasteiger charge is 2.17. The summed E-state index contributed by atoms with van der Waals surface area (Å²) in [6.07, 6.45) is 1.46. The van der Waals surface area contributed by atoms with Gasteiger partial charge < -0.3 is 9.67 Å². The van der Waals surface area contributed by atoms with Crippen LogP contribution in [-0.2, 0) is 30.2 Å². The van der Waals surface area contributed by atoms with Gasteiger partial charge in [-0.3, -0.25) is 0 Å². The van der Waals surface area contributed by atoms with Gasteiger partial charge in [0.1, 0.15) is 0 Å². The summed E-state index contributed by atoms with van der Waals surface area (Å²) in [5, 5.41) is 9.60. The Bertz CT molecular complexity index is 710. The van der Waals surface area contributed by atoms with E-state index >= 15 is 0 Å². The van der Waals surface area contributed by atoms with E-state index in [9.17, 15) is 8.42 Å². The second kappa shape index (κ2) is 5.97. The summed E-state index contributed by atoms with van der Waals surface area (Å²) >= 11 is 5.98. The molecule has 1 aromatic carbocycles. The number of nitrogens with one attached hydrogen (secondary N) is 1. The van der Waals surface area contributed by atoms with Crippen molar-refractivity contribution in [3.8, 4) is 0 Å². The Morgan fingerprint density at radius 3 is 2.65 bits per heavy atom. The van der Waals surface area contributed by atoms with Gasteiger partial charge in [-0.2, -0.15) is 0 Å². The summed E-state index contributed by atoms with van der Waals surface area (Å²) in [6, 6.07) is 8.48. The number of hydrogen-bond donors (Lipinski definition) is 2. The van der Waals surface area contributed by atoms with Crippen molar-refractivity contribution in [3.05, 3.63) is 52.8 Å². The Labute approximate surface area is 122 Å². The fourth-order valence-corrected chi connectivity index (χ4v) is 3.08. The largest absolute Gasteiger partial charge is 0.390 e. The number of aliphatic hydroxyl groups excluding tert-OH is 1. The predicted molar refractivity (Wildman–Crippen MR) is 76.8 cm³/mol. The van der Waals surface area contributed by atoms with Crippen LogP contribution in [-0.4, -0.2) is 18.1 Å². The van der Waals surface area contributed by atoms with Crippen molar-refractivity contribution in [2.45, 2.75) is 18.0 Å². The first-order chi connectivity index (χ1) is 9.44. The Morgan fingerprint density at radius 1 is 1.35 bits per heavy atom. The van der Waals surface area contributed by atoms with E-state index in [1.165, 1.54) is 12.3 Å². The van der Waals surface area contributed by atoms with Crippen LogP contribution in [0.1, 0.15) is 11.3 Å². The topological polar surface area (TPSA) is 71.3 Å². The number of halogens is 1. The minimum atomic E-state index is -3.63. The van der Waals surface area contributed by atoms with Crippen molar-refractivity contribution in [1.29, 1.82) is 0 Å². The van der Waals surface area contributed by atoms with E-state index in [1.807, 2.05) is 0 Å². The molecule has 0 radical (unpaired) electrons. The minimum Gasteiger partial charge on any atom is -0.390 e. The van der Waals surface area contributed by atoms with Crippen LogP contribution in [0.4, 0.5) is 0 Å². The fraction of sp³-hybridized carbons (Fsp3) is 0.231. The van der Waals surface area contributed by atoms with Crippen LogP contribution in [0, 0.1) is 0 Å². The molecular formula is C13H15ClN2O3S. The molecule has 0 saturated heterocycles. The highest BCUT2D eigenvalue weighted by molar-refractivity contribution is 7.89. The van der Waals surface area contributed by atoms with Crippen molar-refractivity contribution >= 4 is 21.6 Å². The van der Waals surface area contributed by atoms with E-state index in [2.05, 4.69) is 4.72 Å². The summed E-state index contributed by atoms with van der Waals surface area (Å²) < 4.78 is 28.4. The van der Waals surface area contributed by atoms with Crippen molar-refractivity contribution in [2.75, 3.05) is 0 Å². The number of aromatic nitrogens is 1. The molecule has 0 fully saturated rings. The van der Waals surface area contributed by atoms with Crippen LogP contribution < -0.4 is 4.72 Å². The molecule has 0 unspecified atom stereocenters. The molecule has 20 heavy (non-hydrogen) atoms. The van der Waals surface area contributed by atoms with Crippen LogP contribution in [0.3, 0.4) is 0 Å². The second-order valence-electron chi connectivity index (χ2n) is 4.35. The average molecular weight is 315 g/mol. The number of benzene rings is 1. The third-order valence-corrected chi connectivity index (χ3v) is 4.70. The Kier molecular flexibility index (Phi) is 4.49. The highest BCUT2D eigenvalue weighted by atomic mass is 35.5. The van der Waals surface area contributed by atoms with Gasteiger partial charge in [0.05, 0.1) is 11.5 Å². The zero-order valence-electron chi connectivity index (χ0n) is 10.9. The van der Waals surface area contributed by atoms with E-state index in [0.717, 1.165) is 0 Å². The summed E-state index contributed by atoms with van der Waals surface area (Å²) in [5.41, 5.74) is 1.24. The van der Waals surface area contributed by atoms with Gasteiger partial charge in [-0.1, -0.05) is 29.8 Å². The molecule has 0 aliphatic carbocycles. The standard InChI is InChI=1S/C13H15ClN2O3S/c1-16-8-12(6-11(16)9-17)20(18,19)15-7-10-4-2-3-5-13(10)14/h2-6,8,15,17H,7,9H2,1H3. The smallest absolute Gasteiger partial charge is 0.242 e. The lowest BCUT2D eigenvalue weighted by molar-refractivity contribution is 0.272. The maximum Gasteiger partial charge on any atom is 0.242 e. The van der Waals surface area contributed by atoms with E-state index in [4.69, 9.17) is 16.7 Å². The van der Waals surface area contributed by atoms with Crippen LogP contribution in [0.5, 0.6) is 0 Å². The number of nitrogens with zero attached hydrogens (tertiary/aromatic N) is 1. The fourth-order valence-electron chi connectivity index (χ4n) is 1.78. The van der Waals surface area contributed by atoms with Crippen molar-refractivity contribution in [3.63, 3.8) is 0 Å². The monoisotopic (exact) mass is 314 g/mol. The summed E-state index contributed by atoms with van der Waals surface area (Å²) in [4.78, 5) is 0.121. The molecule has 108 valence electrons. The summed E-state index contributed by atoms with van der Waals surface area (Å²) in [5.74, 6) is 0. The zero-order valence-corrected chi connectivity index (χ0v) is 12.4. The predicted octanol–water partition coefficient (Wildman–Crippen LogP) is 1.65. The van der Waals surface area contributed by atoms with E-state index < -0.39 is 10.0 Å². The van der Waals surface area contributed by atoms with Crippen molar-refractivity contribution in [2.24, 2.45) is 7.05 Å². The molecular weight excluding hydrogens is 300 g/mol. The molecule has 2 aromatic rings. The van der Waals surface area contributed by atoms with Gasteiger partial charge in [0.2, 0.25) is 10.0 Å². The normalized spacial score (nSPS) is 11.8. The maximum absolute atomic E-state index is 12.1. The molecule has 0 amide bonds. The van der Waals surface area contributed by atoms with Crippen molar-refractivity contribution < 1.29 is 13.5 Å². The Hall–Kier alpha value is -1.34. The Balaban J connectivity index is 2.17. The molecule has 2 rings (SSSR count). The minimum absolute atomic E-state index is 0.116. The van der Waals surface area contributed by atoms with Gasteiger partial charge in [-0.15, -0.1) is 0 Å². The SMILES string of the molecule is Cn1cc(S(=O)(=O)NCc2ccccc2Cl)cc1CO. The molecule has 0 aliphatic rings. The third kappa shape index (κ3) is 3.21. The third-order valence-electron chi connectivity index (χ3n) is 2.97. The Morgan fingerprint density at radius 2 is 2.05 bits per heavy atom. The van der Waals surface area contributed by atoms with Gasteiger partial charge in [0.25, 0.3) is 0 Å². The highest BCUT2D eigenvalue weighted by Crippen LogP contribution is 2.17. The first-order valence-electron chi connectivity index (χ1n) is 5.93. The molecule has 0 bridgehead atoms. The van der Waals surface area contributed by atoms with E-state index in [-0.39, 0.29) is 18.0 Å². The lowest BCUT2D eigenvalue weighted by Crippen LogP contribution is -2.23. The van der Waals surface area contributed by atoms with Gasteiger partial charge in [-0.25, -0.2) is 13.1 Å². The molecule has 0 saturated carbocycles. The number of sulfonamides is 1. The van der Waals surface area contributed by atoms with Crippen LogP contribution >= 0.6 is 11.6 Å². The van der Waals surface area contributed by atoms with Crippen LogP contribution in [0.2, 0.25) is 5.02 Å². The molecule has 0 atom stereocenters. The lowest BCUT2D eigenvalue weighted by atomic mass is 10.2. The van der Waals surface area contributed by atoms with Gasteiger partial charge in [-0.05, 0) is 17.7 Å². The lowest BCUT2D eigenvalue weighted by Gasteiger charge is -2.06. The van der Waals surface area contributed by atoms with Gasteiger partial charge in [0, 0.05) is 30.5 Å². The second-order valence-corrected chi connectivity index (χ2v) is 6.53. The molecule has 0 aliphatic heterocycles. The number of aryl methyl sites for hydroxylation is 1. The van der Waals surface area contributed by atoms with Gasteiger partial charge >= 0.3 is 0 Å². The molecule has 5 nitrogen and oxygen atoms in total. The molecule has 1 heterocycles. The van der Waals surface area contributed by atoms with Crippen LogP contribution in [0.25, 0.3) is 0 Å². The number of rotatable bonds is 5. The first kappa shape index (κ1) is 15.1. The molecule has 2 N–H and O–H groups in total. The van der Waals surface area contributed by atoms with E-state index in [0.29, 0.717) is 16.3 Å². The molecule has 7 heteroatoms. The van der Waals surface area contributed by atoms with Gasteiger partial charge in [0.15, 0.2) is 0 Å². The number of hydrogen-bond acceptors (Lipinski definition) is 3. The quantitative estimate of drug-likeness (QED) is 0.881. The van der Waals surface area contributed by atoms with Crippen molar-refractivity contribution in [1.82, 2.24) is 9.29 Å². The number of aliphatic hydroxyl groups is 1.